The SMILES string of the molecule is C=C(CBr)c1ccccc1C(C)(C)C. The molecule has 0 N–H and O–H groups in total. The van der Waals surface area contributed by atoms with Crippen LogP contribution in [0.1, 0.15) is 31.9 Å². The fraction of sp³-hybridized carbons (Fsp3) is 0.385. The van der Waals surface area contributed by atoms with E-state index in [1.54, 1.807) is 0 Å². The average Bonchev–Trinajstić information content (AvgIpc) is 2.15. The summed E-state index contributed by atoms with van der Waals surface area (Å²) in [5, 5.41) is 0.833. The molecule has 0 bridgehead atoms. The van der Waals surface area contributed by atoms with Crippen LogP contribution in [-0.2, 0) is 5.41 Å². The fourth-order valence-electron chi connectivity index (χ4n) is 1.52. The fourth-order valence-corrected chi connectivity index (χ4v) is 1.82. The third-order valence-corrected chi connectivity index (χ3v) is 2.95. The van der Waals surface area contributed by atoms with Crippen LogP contribution in [0.25, 0.3) is 5.57 Å². The Hall–Kier alpha value is -0.560. The summed E-state index contributed by atoms with van der Waals surface area (Å²) in [6.07, 6.45) is 0. The van der Waals surface area contributed by atoms with Gasteiger partial charge in [-0.1, -0.05) is 67.5 Å². The monoisotopic (exact) mass is 252 g/mol. The Morgan fingerprint density at radius 2 is 1.86 bits per heavy atom. The second kappa shape index (κ2) is 4.31. The Labute approximate surface area is 95.2 Å². The highest BCUT2D eigenvalue weighted by atomic mass is 79.9. The van der Waals surface area contributed by atoms with E-state index in [4.69, 9.17) is 0 Å². The molecule has 0 aliphatic heterocycles. The van der Waals surface area contributed by atoms with E-state index in [-0.39, 0.29) is 5.41 Å². The molecule has 0 fully saturated rings. The zero-order valence-electron chi connectivity index (χ0n) is 9.10. The van der Waals surface area contributed by atoms with Gasteiger partial charge in [-0.05, 0) is 22.1 Å². The van der Waals surface area contributed by atoms with Crippen molar-refractivity contribution in [2.45, 2.75) is 26.2 Å². The molecule has 1 aromatic rings. The van der Waals surface area contributed by atoms with Gasteiger partial charge in [0.2, 0.25) is 0 Å². The molecule has 0 saturated carbocycles. The Morgan fingerprint density at radius 3 is 2.36 bits per heavy atom. The van der Waals surface area contributed by atoms with Crippen LogP contribution >= 0.6 is 15.9 Å². The van der Waals surface area contributed by atoms with E-state index in [0.717, 1.165) is 10.9 Å². The van der Waals surface area contributed by atoms with Crippen molar-refractivity contribution in [1.82, 2.24) is 0 Å². The smallest absolute Gasteiger partial charge is 0.0283 e. The first-order valence-electron chi connectivity index (χ1n) is 4.80. The van der Waals surface area contributed by atoms with E-state index in [1.165, 1.54) is 11.1 Å². The van der Waals surface area contributed by atoms with Gasteiger partial charge >= 0.3 is 0 Å². The normalized spacial score (nSPS) is 11.4. The molecule has 76 valence electrons. The molecule has 0 aromatic heterocycles. The number of halogens is 1. The van der Waals surface area contributed by atoms with Crippen molar-refractivity contribution < 1.29 is 0 Å². The van der Waals surface area contributed by atoms with Gasteiger partial charge in [-0.2, -0.15) is 0 Å². The highest BCUT2D eigenvalue weighted by molar-refractivity contribution is 9.09. The van der Waals surface area contributed by atoms with E-state index in [1.807, 2.05) is 0 Å². The minimum atomic E-state index is 0.182. The molecule has 0 amide bonds. The summed E-state index contributed by atoms with van der Waals surface area (Å²) in [4.78, 5) is 0. The van der Waals surface area contributed by atoms with Crippen molar-refractivity contribution in [3.05, 3.63) is 42.0 Å². The second-order valence-electron chi connectivity index (χ2n) is 4.53. The van der Waals surface area contributed by atoms with Crippen molar-refractivity contribution in [1.29, 1.82) is 0 Å². The van der Waals surface area contributed by atoms with Crippen LogP contribution in [0.2, 0.25) is 0 Å². The van der Waals surface area contributed by atoms with Gasteiger partial charge in [0, 0.05) is 5.33 Å². The predicted molar refractivity (Wildman–Crippen MR) is 68.0 cm³/mol. The zero-order chi connectivity index (χ0) is 10.8. The first kappa shape index (κ1) is 11.5. The Balaban J connectivity index is 3.23. The summed E-state index contributed by atoms with van der Waals surface area (Å²) < 4.78 is 0. The van der Waals surface area contributed by atoms with Gasteiger partial charge < -0.3 is 0 Å². The third-order valence-electron chi connectivity index (χ3n) is 2.28. The van der Waals surface area contributed by atoms with Crippen molar-refractivity contribution >= 4 is 21.5 Å². The third kappa shape index (κ3) is 2.48. The van der Waals surface area contributed by atoms with Gasteiger partial charge in [-0.25, -0.2) is 0 Å². The number of allylic oxidation sites excluding steroid dienone is 1. The lowest BCUT2D eigenvalue weighted by Crippen LogP contribution is -2.13. The van der Waals surface area contributed by atoms with E-state index >= 15 is 0 Å². The lowest BCUT2D eigenvalue weighted by Gasteiger charge is -2.23. The van der Waals surface area contributed by atoms with Crippen molar-refractivity contribution in [2.75, 3.05) is 5.33 Å². The molecule has 0 saturated heterocycles. The van der Waals surface area contributed by atoms with Crippen LogP contribution in [0.15, 0.2) is 30.8 Å². The highest BCUT2D eigenvalue weighted by Crippen LogP contribution is 2.29. The molecule has 0 unspecified atom stereocenters. The van der Waals surface area contributed by atoms with Gasteiger partial charge in [0.25, 0.3) is 0 Å². The molecule has 0 spiro atoms. The van der Waals surface area contributed by atoms with Crippen molar-refractivity contribution in [3.63, 3.8) is 0 Å². The standard InChI is InChI=1S/C13H17Br/c1-10(9-14)11-7-5-6-8-12(11)13(2,3)4/h5-8H,1,9H2,2-4H3. The summed E-state index contributed by atoms with van der Waals surface area (Å²) in [5.74, 6) is 0. The van der Waals surface area contributed by atoms with Crippen molar-refractivity contribution in [2.24, 2.45) is 0 Å². The first-order valence-corrected chi connectivity index (χ1v) is 5.92. The molecule has 0 aliphatic carbocycles. The quantitative estimate of drug-likeness (QED) is 0.685. The number of rotatable bonds is 2. The molecule has 0 aliphatic rings. The maximum atomic E-state index is 4.07. The lowest BCUT2D eigenvalue weighted by molar-refractivity contribution is 0.588. The maximum absolute atomic E-state index is 4.07. The molecular formula is C13H17Br. The van der Waals surface area contributed by atoms with Crippen LogP contribution in [0.5, 0.6) is 0 Å². The zero-order valence-corrected chi connectivity index (χ0v) is 10.7. The number of alkyl halides is 1. The molecule has 1 aromatic carbocycles. The molecule has 1 rings (SSSR count). The minimum Gasteiger partial charge on any atom is -0.0944 e. The molecule has 14 heavy (non-hydrogen) atoms. The lowest BCUT2D eigenvalue weighted by atomic mass is 9.82. The van der Waals surface area contributed by atoms with E-state index in [0.29, 0.717) is 0 Å². The first-order chi connectivity index (χ1) is 6.46. The summed E-state index contributed by atoms with van der Waals surface area (Å²) in [6, 6.07) is 8.48. The molecular weight excluding hydrogens is 236 g/mol. The number of hydrogen-bond donors (Lipinski definition) is 0. The van der Waals surface area contributed by atoms with Crippen molar-refractivity contribution in [3.8, 4) is 0 Å². The largest absolute Gasteiger partial charge is 0.0944 e. The molecule has 0 nitrogen and oxygen atoms in total. The summed E-state index contributed by atoms with van der Waals surface area (Å²) in [7, 11) is 0. The van der Waals surface area contributed by atoms with Crippen LogP contribution < -0.4 is 0 Å². The molecule has 0 atom stereocenters. The van der Waals surface area contributed by atoms with Crippen LogP contribution in [-0.4, -0.2) is 5.33 Å². The van der Waals surface area contributed by atoms with Crippen LogP contribution in [0.3, 0.4) is 0 Å². The average molecular weight is 253 g/mol. The Morgan fingerprint density at radius 1 is 1.29 bits per heavy atom. The molecule has 0 heterocycles. The van der Waals surface area contributed by atoms with E-state index < -0.39 is 0 Å². The summed E-state index contributed by atoms with van der Waals surface area (Å²) in [5.41, 5.74) is 3.97. The Bertz CT molecular complexity index is 331. The summed E-state index contributed by atoms with van der Waals surface area (Å²) in [6.45, 7) is 10.8. The number of benzene rings is 1. The van der Waals surface area contributed by atoms with Gasteiger partial charge in [0.1, 0.15) is 0 Å². The topological polar surface area (TPSA) is 0 Å². The van der Waals surface area contributed by atoms with Gasteiger partial charge in [0.05, 0.1) is 0 Å². The number of hydrogen-bond acceptors (Lipinski definition) is 0. The van der Waals surface area contributed by atoms with Gasteiger partial charge in [-0.15, -0.1) is 0 Å². The highest BCUT2D eigenvalue weighted by Gasteiger charge is 2.17. The van der Waals surface area contributed by atoms with E-state index in [9.17, 15) is 0 Å². The van der Waals surface area contributed by atoms with E-state index in [2.05, 4.69) is 67.5 Å². The second-order valence-corrected chi connectivity index (χ2v) is 5.09. The molecule has 0 radical (unpaired) electrons. The summed E-state index contributed by atoms with van der Waals surface area (Å²) >= 11 is 3.45. The maximum Gasteiger partial charge on any atom is 0.0283 e. The Kier molecular flexibility index (Phi) is 3.54. The van der Waals surface area contributed by atoms with Gasteiger partial charge in [-0.3, -0.25) is 0 Å². The minimum absolute atomic E-state index is 0.182. The van der Waals surface area contributed by atoms with Gasteiger partial charge in [0.15, 0.2) is 0 Å². The predicted octanol–water partition coefficient (Wildman–Crippen LogP) is 4.39. The molecule has 1 heteroatoms. The van der Waals surface area contributed by atoms with Crippen LogP contribution in [0, 0.1) is 0 Å². The van der Waals surface area contributed by atoms with Crippen LogP contribution in [0.4, 0.5) is 0 Å².